The summed E-state index contributed by atoms with van der Waals surface area (Å²) in [5, 5.41) is 3.51. The van der Waals surface area contributed by atoms with Crippen molar-refractivity contribution >= 4 is 9.84 Å². The summed E-state index contributed by atoms with van der Waals surface area (Å²) in [5.74, 6) is 0.506. The van der Waals surface area contributed by atoms with Gasteiger partial charge in [-0.25, -0.2) is 8.42 Å². The van der Waals surface area contributed by atoms with E-state index in [-0.39, 0.29) is 17.5 Å². The second-order valence-corrected chi connectivity index (χ2v) is 7.59. The van der Waals surface area contributed by atoms with Gasteiger partial charge < -0.3 is 5.32 Å². The van der Waals surface area contributed by atoms with Crippen LogP contribution in [0, 0.1) is 6.92 Å². The summed E-state index contributed by atoms with van der Waals surface area (Å²) in [6.45, 7) is 6.82. The van der Waals surface area contributed by atoms with Crippen LogP contribution in [0.15, 0.2) is 18.5 Å². The Balaban J connectivity index is 2.68. The Morgan fingerprint density at radius 2 is 2.10 bits per heavy atom. The minimum Gasteiger partial charge on any atom is -0.310 e. The number of aromatic nitrogens is 1. The van der Waals surface area contributed by atoms with Crippen molar-refractivity contribution in [3.63, 3.8) is 0 Å². The molecule has 0 bridgehead atoms. The maximum Gasteiger partial charge on any atom is 0.150 e. The molecule has 1 atom stereocenters. The highest BCUT2D eigenvalue weighted by Crippen LogP contribution is 2.21. The Morgan fingerprint density at radius 3 is 2.70 bits per heavy atom. The summed E-state index contributed by atoms with van der Waals surface area (Å²) >= 11 is 0. The van der Waals surface area contributed by atoms with Crippen molar-refractivity contribution in [2.75, 3.05) is 18.1 Å². The summed E-state index contributed by atoms with van der Waals surface area (Å²) in [7, 11) is -2.87. The molecule has 0 spiro atoms. The van der Waals surface area contributed by atoms with Crippen LogP contribution < -0.4 is 5.32 Å². The SMILES string of the molecule is CCCNC(CCCS(=O)(=O)CC)c1ccncc1C. The summed E-state index contributed by atoms with van der Waals surface area (Å²) in [6, 6.07) is 2.24. The molecule has 4 nitrogen and oxygen atoms in total. The standard InChI is InChI=1S/C15H26N2O2S/c1-4-9-17-15(7-6-11-20(18,19)5-2)14-8-10-16-12-13(14)3/h8,10,12,15,17H,4-7,9,11H2,1-3H3. The molecule has 0 aliphatic carbocycles. The summed E-state index contributed by atoms with van der Waals surface area (Å²) in [4.78, 5) is 4.12. The summed E-state index contributed by atoms with van der Waals surface area (Å²) in [6.07, 6.45) is 6.25. The van der Waals surface area contributed by atoms with Crippen molar-refractivity contribution < 1.29 is 8.42 Å². The van der Waals surface area contributed by atoms with Gasteiger partial charge in [0.25, 0.3) is 0 Å². The lowest BCUT2D eigenvalue weighted by atomic mass is 9.99. The maximum atomic E-state index is 11.6. The molecule has 0 aromatic carbocycles. The molecule has 1 aromatic heterocycles. The predicted molar refractivity (Wildman–Crippen MR) is 83.6 cm³/mol. The van der Waals surface area contributed by atoms with Crippen molar-refractivity contribution in [2.24, 2.45) is 0 Å². The van der Waals surface area contributed by atoms with Crippen LogP contribution in [0.2, 0.25) is 0 Å². The molecule has 1 unspecified atom stereocenters. The molecule has 114 valence electrons. The molecular weight excluding hydrogens is 272 g/mol. The van der Waals surface area contributed by atoms with Crippen molar-refractivity contribution in [3.05, 3.63) is 29.6 Å². The Bertz CT molecular complexity index is 500. The average Bonchev–Trinajstić information content (AvgIpc) is 2.43. The van der Waals surface area contributed by atoms with Gasteiger partial charge in [0.1, 0.15) is 9.84 Å². The van der Waals surface area contributed by atoms with E-state index < -0.39 is 9.84 Å². The highest BCUT2D eigenvalue weighted by atomic mass is 32.2. The number of pyridine rings is 1. The molecule has 1 rings (SSSR count). The number of hydrogen-bond donors (Lipinski definition) is 1. The minimum atomic E-state index is -2.87. The number of nitrogens with one attached hydrogen (secondary N) is 1. The lowest BCUT2D eigenvalue weighted by molar-refractivity contribution is 0.490. The molecule has 0 amide bonds. The minimum absolute atomic E-state index is 0.213. The third-order valence-corrected chi connectivity index (χ3v) is 5.26. The molecule has 1 heterocycles. The van der Waals surface area contributed by atoms with Crippen molar-refractivity contribution in [1.82, 2.24) is 10.3 Å². The van der Waals surface area contributed by atoms with Gasteiger partial charge in [-0.3, -0.25) is 4.98 Å². The molecule has 0 aliphatic heterocycles. The average molecular weight is 298 g/mol. The van der Waals surface area contributed by atoms with E-state index in [0.717, 1.165) is 24.9 Å². The van der Waals surface area contributed by atoms with Gasteiger partial charge in [0.05, 0.1) is 5.75 Å². The van der Waals surface area contributed by atoms with E-state index in [1.807, 2.05) is 19.2 Å². The third kappa shape index (κ3) is 5.59. The Labute approximate surface area is 122 Å². The molecular formula is C15H26N2O2S. The first kappa shape index (κ1) is 17.1. The van der Waals surface area contributed by atoms with E-state index >= 15 is 0 Å². The fraction of sp³-hybridized carbons (Fsp3) is 0.667. The lowest BCUT2D eigenvalue weighted by Gasteiger charge is -2.20. The van der Waals surface area contributed by atoms with Crippen molar-refractivity contribution in [3.8, 4) is 0 Å². The molecule has 0 radical (unpaired) electrons. The Hall–Kier alpha value is -0.940. The van der Waals surface area contributed by atoms with E-state index in [1.54, 1.807) is 13.1 Å². The van der Waals surface area contributed by atoms with Crippen molar-refractivity contribution in [2.45, 2.75) is 46.1 Å². The third-order valence-electron chi connectivity index (χ3n) is 3.47. The number of sulfone groups is 1. The monoisotopic (exact) mass is 298 g/mol. The van der Waals surface area contributed by atoms with Crippen LogP contribution in [0.3, 0.4) is 0 Å². The van der Waals surface area contributed by atoms with Crippen LogP contribution in [-0.2, 0) is 9.84 Å². The van der Waals surface area contributed by atoms with Crippen LogP contribution in [-0.4, -0.2) is 31.5 Å². The molecule has 0 saturated heterocycles. The number of aryl methyl sites for hydroxylation is 1. The highest BCUT2D eigenvalue weighted by Gasteiger charge is 2.15. The first-order chi connectivity index (χ1) is 9.50. The second kappa shape index (κ2) is 8.37. The maximum absolute atomic E-state index is 11.6. The fourth-order valence-corrected chi connectivity index (χ4v) is 3.11. The van der Waals surface area contributed by atoms with Gasteiger partial charge in [0.15, 0.2) is 0 Å². The van der Waals surface area contributed by atoms with Crippen LogP contribution in [0.4, 0.5) is 0 Å². The number of nitrogens with zero attached hydrogens (tertiary/aromatic N) is 1. The van der Waals surface area contributed by atoms with Gasteiger partial charge in [-0.15, -0.1) is 0 Å². The Morgan fingerprint density at radius 1 is 1.35 bits per heavy atom. The topological polar surface area (TPSA) is 59.1 Å². The van der Waals surface area contributed by atoms with E-state index in [4.69, 9.17) is 0 Å². The van der Waals surface area contributed by atoms with E-state index in [0.29, 0.717) is 6.42 Å². The fourth-order valence-electron chi connectivity index (χ4n) is 2.21. The van der Waals surface area contributed by atoms with Crippen LogP contribution >= 0.6 is 0 Å². The predicted octanol–water partition coefficient (Wildman–Crippen LogP) is 2.65. The number of rotatable bonds is 9. The Kier molecular flexibility index (Phi) is 7.16. The van der Waals surface area contributed by atoms with Gasteiger partial charge in [0, 0.05) is 24.2 Å². The first-order valence-corrected chi connectivity index (χ1v) is 9.16. The highest BCUT2D eigenvalue weighted by molar-refractivity contribution is 7.91. The molecule has 1 N–H and O–H groups in total. The molecule has 1 aromatic rings. The van der Waals surface area contributed by atoms with Crippen molar-refractivity contribution in [1.29, 1.82) is 0 Å². The van der Waals surface area contributed by atoms with Gasteiger partial charge in [-0.2, -0.15) is 0 Å². The quantitative estimate of drug-likeness (QED) is 0.761. The first-order valence-electron chi connectivity index (χ1n) is 7.34. The number of hydrogen-bond acceptors (Lipinski definition) is 4. The largest absolute Gasteiger partial charge is 0.310 e. The molecule has 20 heavy (non-hydrogen) atoms. The normalized spacial score (nSPS) is 13.3. The van der Waals surface area contributed by atoms with Gasteiger partial charge in [-0.1, -0.05) is 13.8 Å². The smallest absolute Gasteiger partial charge is 0.150 e. The lowest BCUT2D eigenvalue weighted by Crippen LogP contribution is -2.24. The van der Waals surface area contributed by atoms with Gasteiger partial charge in [0.2, 0.25) is 0 Å². The molecule has 5 heteroatoms. The zero-order valence-corrected chi connectivity index (χ0v) is 13.5. The summed E-state index contributed by atoms with van der Waals surface area (Å²) in [5.41, 5.74) is 2.38. The van der Waals surface area contributed by atoms with Crippen LogP contribution in [0.25, 0.3) is 0 Å². The zero-order chi connectivity index (χ0) is 15.0. The van der Waals surface area contributed by atoms with Crippen LogP contribution in [0.1, 0.15) is 50.3 Å². The summed E-state index contributed by atoms with van der Waals surface area (Å²) < 4.78 is 23.1. The van der Waals surface area contributed by atoms with E-state index in [1.165, 1.54) is 5.56 Å². The van der Waals surface area contributed by atoms with E-state index in [2.05, 4.69) is 17.2 Å². The molecule has 0 saturated carbocycles. The second-order valence-electron chi connectivity index (χ2n) is 5.12. The van der Waals surface area contributed by atoms with Crippen LogP contribution in [0.5, 0.6) is 0 Å². The van der Waals surface area contributed by atoms with E-state index in [9.17, 15) is 8.42 Å². The van der Waals surface area contributed by atoms with Gasteiger partial charge >= 0.3 is 0 Å². The van der Waals surface area contributed by atoms with Gasteiger partial charge in [-0.05, 0) is 49.9 Å². The molecule has 0 fully saturated rings. The zero-order valence-electron chi connectivity index (χ0n) is 12.7. The molecule has 0 aliphatic rings.